The largest absolute Gasteiger partial charge is 0.392 e. The number of β-amino-alcohol motifs (C(OH)–C–C–N with tert-alkyl or cyclic N) is 1. The molecule has 1 heterocycles. The first-order valence-corrected chi connectivity index (χ1v) is 5.17. The molecule has 1 aromatic carbocycles. The molecule has 1 atom stereocenters. The minimum atomic E-state index is -0.177. The molecular weight excluding hydrogens is 188 g/mol. The molecule has 1 saturated heterocycles. The van der Waals surface area contributed by atoms with Crippen LogP contribution >= 0.6 is 0 Å². The number of nitrogens with zero attached hydrogens (tertiary/aromatic N) is 2. The molecule has 0 bridgehead atoms. The Bertz CT molecular complexity index is 383. The Labute approximate surface area is 89.6 Å². The van der Waals surface area contributed by atoms with Gasteiger partial charge in [0.15, 0.2) is 0 Å². The van der Waals surface area contributed by atoms with E-state index in [1.807, 2.05) is 24.3 Å². The predicted molar refractivity (Wildman–Crippen MR) is 57.1 cm³/mol. The summed E-state index contributed by atoms with van der Waals surface area (Å²) >= 11 is 0. The van der Waals surface area contributed by atoms with Crippen molar-refractivity contribution in [1.29, 1.82) is 5.26 Å². The highest BCUT2D eigenvalue weighted by Crippen LogP contribution is 2.13. The van der Waals surface area contributed by atoms with Gasteiger partial charge >= 0.3 is 0 Å². The molecule has 2 rings (SSSR count). The maximum absolute atomic E-state index is 9.38. The maximum Gasteiger partial charge on any atom is 0.0991 e. The molecule has 3 heteroatoms. The number of aliphatic hydroxyl groups is 1. The number of nitriles is 1. The van der Waals surface area contributed by atoms with E-state index in [0.29, 0.717) is 5.56 Å². The van der Waals surface area contributed by atoms with Gasteiger partial charge in [0.05, 0.1) is 17.7 Å². The summed E-state index contributed by atoms with van der Waals surface area (Å²) in [6.45, 7) is 2.52. The Morgan fingerprint density at radius 3 is 3.07 bits per heavy atom. The SMILES string of the molecule is N#Cc1cccc(CN2CC[C@H](O)C2)c1. The average molecular weight is 202 g/mol. The maximum atomic E-state index is 9.38. The van der Waals surface area contributed by atoms with Crippen LogP contribution in [0.1, 0.15) is 17.5 Å². The van der Waals surface area contributed by atoms with Crippen LogP contribution in [0.25, 0.3) is 0 Å². The highest BCUT2D eigenvalue weighted by atomic mass is 16.3. The molecule has 1 N–H and O–H groups in total. The number of rotatable bonds is 2. The highest BCUT2D eigenvalue weighted by molar-refractivity contribution is 5.32. The minimum Gasteiger partial charge on any atom is -0.392 e. The second-order valence-corrected chi connectivity index (χ2v) is 3.99. The molecule has 1 aliphatic rings. The molecule has 15 heavy (non-hydrogen) atoms. The second kappa shape index (κ2) is 4.43. The van der Waals surface area contributed by atoms with Crippen LogP contribution in [0.15, 0.2) is 24.3 Å². The number of aliphatic hydroxyl groups excluding tert-OH is 1. The van der Waals surface area contributed by atoms with E-state index in [-0.39, 0.29) is 6.10 Å². The fraction of sp³-hybridized carbons (Fsp3) is 0.417. The topological polar surface area (TPSA) is 47.3 Å². The lowest BCUT2D eigenvalue weighted by Gasteiger charge is -2.14. The fourth-order valence-electron chi connectivity index (χ4n) is 1.95. The summed E-state index contributed by atoms with van der Waals surface area (Å²) in [4.78, 5) is 2.21. The van der Waals surface area contributed by atoms with Crippen LogP contribution in [-0.2, 0) is 6.54 Å². The fourth-order valence-corrected chi connectivity index (χ4v) is 1.95. The summed E-state index contributed by atoms with van der Waals surface area (Å²) in [5, 5.41) is 18.1. The second-order valence-electron chi connectivity index (χ2n) is 3.99. The first-order chi connectivity index (χ1) is 7.28. The molecule has 0 amide bonds. The van der Waals surface area contributed by atoms with Gasteiger partial charge in [-0.05, 0) is 24.1 Å². The van der Waals surface area contributed by atoms with Crippen molar-refractivity contribution < 1.29 is 5.11 Å². The lowest BCUT2D eigenvalue weighted by Crippen LogP contribution is -2.21. The molecule has 1 aromatic rings. The standard InChI is InChI=1S/C12H14N2O/c13-7-10-2-1-3-11(6-10)8-14-5-4-12(15)9-14/h1-3,6,12,15H,4-5,8-9H2/t12-/m0/s1. The van der Waals surface area contributed by atoms with Gasteiger partial charge in [-0.15, -0.1) is 0 Å². The summed E-state index contributed by atoms with van der Waals surface area (Å²) in [6, 6.07) is 9.77. The van der Waals surface area contributed by atoms with E-state index in [1.165, 1.54) is 0 Å². The van der Waals surface area contributed by atoms with Gasteiger partial charge in [-0.25, -0.2) is 0 Å². The van der Waals surface area contributed by atoms with Crippen molar-refractivity contribution in [2.45, 2.75) is 19.1 Å². The summed E-state index contributed by atoms with van der Waals surface area (Å²) in [7, 11) is 0. The van der Waals surface area contributed by atoms with E-state index in [0.717, 1.165) is 31.6 Å². The third kappa shape index (κ3) is 2.56. The van der Waals surface area contributed by atoms with Gasteiger partial charge in [0.25, 0.3) is 0 Å². The Morgan fingerprint density at radius 1 is 1.53 bits per heavy atom. The molecule has 0 radical (unpaired) electrons. The van der Waals surface area contributed by atoms with E-state index in [2.05, 4.69) is 11.0 Å². The first kappa shape index (κ1) is 10.2. The Hall–Kier alpha value is -1.37. The summed E-state index contributed by atoms with van der Waals surface area (Å²) in [6.07, 6.45) is 0.682. The van der Waals surface area contributed by atoms with E-state index in [4.69, 9.17) is 5.26 Å². The number of benzene rings is 1. The van der Waals surface area contributed by atoms with Crippen molar-refractivity contribution in [1.82, 2.24) is 4.90 Å². The zero-order valence-corrected chi connectivity index (χ0v) is 8.56. The Morgan fingerprint density at radius 2 is 2.40 bits per heavy atom. The van der Waals surface area contributed by atoms with E-state index >= 15 is 0 Å². The molecule has 1 fully saturated rings. The summed E-state index contributed by atoms with van der Waals surface area (Å²) in [5.41, 5.74) is 1.84. The lowest BCUT2D eigenvalue weighted by atomic mass is 10.1. The Kier molecular flexibility index (Phi) is 3.00. The highest BCUT2D eigenvalue weighted by Gasteiger charge is 2.19. The number of hydrogen-bond acceptors (Lipinski definition) is 3. The van der Waals surface area contributed by atoms with Crippen LogP contribution < -0.4 is 0 Å². The van der Waals surface area contributed by atoms with Crippen molar-refractivity contribution in [3.05, 3.63) is 35.4 Å². The Balaban J connectivity index is 2.02. The van der Waals surface area contributed by atoms with Crippen LogP contribution in [0.2, 0.25) is 0 Å². The van der Waals surface area contributed by atoms with Crippen LogP contribution in [0.4, 0.5) is 0 Å². The molecule has 0 aliphatic carbocycles. The van der Waals surface area contributed by atoms with Gasteiger partial charge in [-0.1, -0.05) is 12.1 Å². The molecule has 1 aliphatic heterocycles. The summed E-state index contributed by atoms with van der Waals surface area (Å²) < 4.78 is 0. The lowest BCUT2D eigenvalue weighted by molar-refractivity contribution is 0.175. The number of hydrogen-bond donors (Lipinski definition) is 1. The van der Waals surface area contributed by atoms with Crippen LogP contribution in [0.3, 0.4) is 0 Å². The van der Waals surface area contributed by atoms with Crippen molar-refractivity contribution in [3.63, 3.8) is 0 Å². The van der Waals surface area contributed by atoms with E-state index in [9.17, 15) is 5.11 Å². The monoisotopic (exact) mass is 202 g/mol. The normalized spacial score (nSPS) is 21.5. The van der Waals surface area contributed by atoms with Gasteiger partial charge < -0.3 is 5.11 Å². The smallest absolute Gasteiger partial charge is 0.0991 e. The van der Waals surface area contributed by atoms with Crippen molar-refractivity contribution in [3.8, 4) is 6.07 Å². The molecule has 78 valence electrons. The average Bonchev–Trinajstić information content (AvgIpc) is 2.64. The van der Waals surface area contributed by atoms with Gasteiger partial charge in [0, 0.05) is 19.6 Å². The third-order valence-electron chi connectivity index (χ3n) is 2.71. The zero-order valence-electron chi connectivity index (χ0n) is 8.56. The predicted octanol–water partition coefficient (Wildman–Crippen LogP) is 1.12. The molecule has 0 spiro atoms. The summed E-state index contributed by atoms with van der Waals surface area (Å²) in [5.74, 6) is 0. The third-order valence-corrected chi connectivity index (χ3v) is 2.71. The molecule has 3 nitrogen and oxygen atoms in total. The van der Waals surface area contributed by atoms with Crippen molar-refractivity contribution in [2.24, 2.45) is 0 Å². The zero-order chi connectivity index (χ0) is 10.7. The quantitative estimate of drug-likeness (QED) is 0.782. The molecule has 0 unspecified atom stereocenters. The van der Waals surface area contributed by atoms with Gasteiger partial charge in [-0.3, -0.25) is 4.90 Å². The van der Waals surface area contributed by atoms with Gasteiger partial charge in [-0.2, -0.15) is 5.26 Å². The van der Waals surface area contributed by atoms with Crippen LogP contribution in [0.5, 0.6) is 0 Å². The van der Waals surface area contributed by atoms with Gasteiger partial charge in [0.2, 0.25) is 0 Å². The van der Waals surface area contributed by atoms with Crippen molar-refractivity contribution in [2.75, 3.05) is 13.1 Å². The minimum absolute atomic E-state index is 0.177. The van der Waals surface area contributed by atoms with E-state index in [1.54, 1.807) is 0 Å². The van der Waals surface area contributed by atoms with E-state index < -0.39 is 0 Å². The molecular formula is C12H14N2O. The molecule has 0 saturated carbocycles. The first-order valence-electron chi connectivity index (χ1n) is 5.17. The molecule has 0 aromatic heterocycles. The van der Waals surface area contributed by atoms with Crippen LogP contribution in [0, 0.1) is 11.3 Å². The van der Waals surface area contributed by atoms with Crippen molar-refractivity contribution >= 4 is 0 Å². The van der Waals surface area contributed by atoms with Gasteiger partial charge in [0.1, 0.15) is 0 Å². The van der Waals surface area contributed by atoms with Crippen LogP contribution in [-0.4, -0.2) is 29.2 Å². The number of likely N-dealkylation sites (tertiary alicyclic amines) is 1.